The van der Waals surface area contributed by atoms with Crippen molar-refractivity contribution < 1.29 is 23.1 Å². The largest absolute Gasteiger partial charge is 0.449 e. The topological polar surface area (TPSA) is 67.7 Å². The fourth-order valence-corrected chi connectivity index (χ4v) is 3.60. The molecule has 1 aliphatic heterocycles. The zero-order valence-corrected chi connectivity index (χ0v) is 17.8. The first-order chi connectivity index (χ1) is 14.2. The summed E-state index contributed by atoms with van der Waals surface area (Å²) >= 11 is 0. The van der Waals surface area contributed by atoms with E-state index in [1.165, 1.54) is 6.33 Å². The third kappa shape index (κ3) is 4.55. The van der Waals surface area contributed by atoms with Gasteiger partial charge in [-0.2, -0.15) is 0 Å². The normalized spacial score (nSPS) is 15.9. The molecule has 1 aromatic carbocycles. The zero-order valence-electron chi connectivity index (χ0n) is 17.8. The van der Waals surface area contributed by atoms with E-state index in [0.29, 0.717) is 43.8 Å². The molecule has 2 aromatic rings. The van der Waals surface area contributed by atoms with Crippen molar-refractivity contribution in [3.05, 3.63) is 30.1 Å². The highest BCUT2D eigenvalue weighted by molar-refractivity contribution is 5.84. The molecule has 0 N–H and O–H groups in total. The minimum atomic E-state index is -0.979. The summed E-state index contributed by atoms with van der Waals surface area (Å²) < 4.78 is 34.2. The monoisotopic (exact) mass is 422 g/mol. The molecular weight excluding hydrogens is 394 g/mol. The Balaban J connectivity index is 1.73. The maximum atomic E-state index is 13.8. The van der Waals surface area contributed by atoms with Gasteiger partial charge in [0.25, 0.3) is 0 Å². The lowest BCUT2D eigenvalue weighted by atomic mass is 10.0. The molecule has 9 heteroatoms. The molecule has 0 bridgehead atoms. The van der Waals surface area contributed by atoms with Crippen LogP contribution < -0.4 is 0 Å². The van der Waals surface area contributed by atoms with E-state index < -0.39 is 17.7 Å². The zero-order chi connectivity index (χ0) is 22.0. The van der Waals surface area contributed by atoms with Gasteiger partial charge in [0.15, 0.2) is 11.6 Å². The van der Waals surface area contributed by atoms with Gasteiger partial charge in [-0.25, -0.2) is 18.6 Å². The van der Waals surface area contributed by atoms with Gasteiger partial charge in [0.1, 0.15) is 6.04 Å². The van der Waals surface area contributed by atoms with E-state index in [2.05, 4.69) is 4.98 Å². The minimum absolute atomic E-state index is 0.1000. The van der Waals surface area contributed by atoms with Gasteiger partial charge in [0.2, 0.25) is 5.91 Å². The molecule has 1 saturated heterocycles. The van der Waals surface area contributed by atoms with E-state index in [4.69, 9.17) is 4.74 Å². The van der Waals surface area contributed by atoms with Crippen LogP contribution in [0.25, 0.3) is 11.0 Å². The predicted molar refractivity (Wildman–Crippen MR) is 108 cm³/mol. The van der Waals surface area contributed by atoms with Crippen molar-refractivity contribution in [2.24, 2.45) is 11.8 Å². The summed E-state index contributed by atoms with van der Waals surface area (Å²) in [5, 5.41) is 0. The molecular formula is C21H28F2N4O3. The second-order valence-electron chi connectivity index (χ2n) is 8.38. The summed E-state index contributed by atoms with van der Waals surface area (Å²) in [5.74, 6) is -1.93. The van der Waals surface area contributed by atoms with Crippen LogP contribution in [0.3, 0.4) is 0 Å². The Morgan fingerprint density at radius 1 is 1.03 bits per heavy atom. The summed E-state index contributed by atoms with van der Waals surface area (Å²) in [6.45, 7) is 9.63. The van der Waals surface area contributed by atoms with Gasteiger partial charge in [-0.3, -0.25) is 4.79 Å². The van der Waals surface area contributed by atoms with Crippen LogP contribution in [0.5, 0.6) is 0 Å². The molecule has 0 saturated carbocycles. The number of benzene rings is 1. The molecule has 1 unspecified atom stereocenters. The standard InChI is InChI=1S/C21H28F2N4O3/c1-13(2)11-30-21(29)26-7-5-25(6-8-26)20(28)19(14(3)4)27-12-24-17-9-15(22)16(23)10-18(17)27/h9-10,12-14,19H,5-8,11H2,1-4H3. The molecule has 1 aromatic heterocycles. The van der Waals surface area contributed by atoms with E-state index in [1.807, 2.05) is 27.7 Å². The number of fused-ring (bicyclic) bond motifs is 1. The van der Waals surface area contributed by atoms with Gasteiger partial charge in [0.05, 0.1) is 24.0 Å². The maximum absolute atomic E-state index is 13.8. The number of imidazole rings is 1. The molecule has 0 radical (unpaired) electrons. The molecule has 164 valence electrons. The van der Waals surface area contributed by atoms with Crippen molar-refractivity contribution >= 4 is 23.0 Å². The van der Waals surface area contributed by atoms with E-state index in [-0.39, 0.29) is 23.8 Å². The fraction of sp³-hybridized carbons (Fsp3) is 0.571. The Hall–Kier alpha value is -2.71. The van der Waals surface area contributed by atoms with Crippen molar-refractivity contribution in [3.63, 3.8) is 0 Å². The number of ether oxygens (including phenoxy) is 1. The summed E-state index contributed by atoms with van der Waals surface area (Å²) in [6.07, 6.45) is 1.08. The Morgan fingerprint density at radius 2 is 1.63 bits per heavy atom. The minimum Gasteiger partial charge on any atom is -0.449 e. The Labute approximate surface area is 174 Å². The number of halogens is 2. The molecule has 0 spiro atoms. The van der Waals surface area contributed by atoms with Crippen LogP contribution in [0.1, 0.15) is 33.7 Å². The van der Waals surface area contributed by atoms with Gasteiger partial charge in [-0.05, 0) is 11.8 Å². The number of piperazine rings is 1. The van der Waals surface area contributed by atoms with Crippen LogP contribution in [-0.2, 0) is 9.53 Å². The third-order valence-corrected chi connectivity index (χ3v) is 5.19. The van der Waals surface area contributed by atoms with Crippen LogP contribution in [0, 0.1) is 23.5 Å². The lowest BCUT2D eigenvalue weighted by Gasteiger charge is -2.37. The molecule has 2 amide bonds. The molecule has 7 nitrogen and oxygen atoms in total. The van der Waals surface area contributed by atoms with Crippen LogP contribution in [-0.4, -0.2) is 64.1 Å². The van der Waals surface area contributed by atoms with Gasteiger partial charge in [-0.1, -0.05) is 27.7 Å². The number of hydrogen-bond acceptors (Lipinski definition) is 4. The van der Waals surface area contributed by atoms with Crippen molar-refractivity contribution in [1.82, 2.24) is 19.4 Å². The number of nitrogens with zero attached hydrogens (tertiary/aromatic N) is 4. The highest BCUT2D eigenvalue weighted by atomic mass is 19.2. The Bertz CT molecular complexity index is 920. The Morgan fingerprint density at radius 3 is 2.23 bits per heavy atom. The second-order valence-corrected chi connectivity index (χ2v) is 8.38. The number of rotatable bonds is 5. The summed E-state index contributed by atoms with van der Waals surface area (Å²) in [6, 6.07) is 1.49. The predicted octanol–water partition coefficient (Wildman–Crippen LogP) is 3.45. The van der Waals surface area contributed by atoms with Crippen molar-refractivity contribution in [1.29, 1.82) is 0 Å². The van der Waals surface area contributed by atoms with Gasteiger partial charge >= 0.3 is 6.09 Å². The number of amides is 2. The molecule has 3 rings (SSSR count). The summed E-state index contributed by atoms with van der Waals surface area (Å²) in [4.78, 5) is 32.9. The first kappa shape index (κ1) is 22.0. The van der Waals surface area contributed by atoms with Crippen LogP contribution in [0.4, 0.5) is 13.6 Å². The number of aromatic nitrogens is 2. The Kier molecular flexibility index (Phi) is 6.58. The smallest absolute Gasteiger partial charge is 0.409 e. The maximum Gasteiger partial charge on any atom is 0.409 e. The first-order valence-electron chi connectivity index (χ1n) is 10.2. The molecule has 2 heterocycles. The molecule has 0 aliphatic carbocycles. The van der Waals surface area contributed by atoms with Gasteiger partial charge in [0, 0.05) is 38.3 Å². The van der Waals surface area contributed by atoms with Crippen LogP contribution >= 0.6 is 0 Å². The number of carbonyl (C=O) groups is 2. The van der Waals surface area contributed by atoms with Crippen molar-refractivity contribution in [3.8, 4) is 0 Å². The summed E-state index contributed by atoms with van der Waals surface area (Å²) in [5.41, 5.74) is 0.668. The molecule has 1 atom stereocenters. The average molecular weight is 422 g/mol. The van der Waals surface area contributed by atoms with Gasteiger partial charge in [-0.15, -0.1) is 0 Å². The molecule has 30 heavy (non-hydrogen) atoms. The van der Waals surface area contributed by atoms with Crippen LogP contribution in [0.2, 0.25) is 0 Å². The highest BCUT2D eigenvalue weighted by Gasteiger charge is 2.33. The summed E-state index contributed by atoms with van der Waals surface area (Å²) in [7, 11) is 0. The second kappa shape index (κ2) is 8.97. The van der Waals surface area contributed by atoms with Gasteiger partial charge < -0.3 is 19.1 Å². The lowest BCUT2D eigenvalue weighted by Crippen LogP contribution is -2.52. The first-order valence-corrected chi connectivity index (χ1v) is 10.2. The molecule has 1 fully saturated rings. The number of hydrogen-bond donors (Lipinski definition) is 0. The number of carbonyl (C=O) groups excluding carboxylic acids is 2. The average Bonchev–Trinajstić information content (AvgIpc) is 3.08. The SMILES string of the molecule is CC(C)COC(=O)N1CCN(C(=O)C(C(C)C)n2cnc3cc(F)c(F)cc32)CC1. The quantitative estimate of drug-likeness (QED) is 0.740. The fourth-order valence-electron chi connectivity index (χ4n) is 3.60. The van der Waals surface area contributed by atoms with E-state index in [1.54, 1.807) is 14.4 Å². The van der Waals surface area contributed by atoms with Crippen molar-refractivity contribution in [2.75, 3.05) is 32.8 Å². The highest BCUT2D eigenvalue weighted by Crippen LogP contribution is 2.27. The van der Waals surface area contributed by atoms with Crippen LogP contribution in [0.15, 0.2) is 18.5 Å². The third-order valence-electron chi connectivity index (χ3n) is 5.19. The molecule has 1 aliphatic rings. The van der Waals surface area contributed by atoms with E-state index >= 15 is 0 Å². The lowest BCUT2D eigenvalue weighted by molar-refractivity contribution is -0.137. The van der Waals surface area contributed by atoms with Crippen molar-refractivity contribution in [2.45, 2.75) is 33.7 Å². The van der Waals surface area contributed by atoms with E-state index in [0.717, 1.165) is 12.1 Å². The van der Waals surface area contributed by atoms with E-state index in [9.17, 15) is 18.4 Å².